The Hall–Kier alpha value is -2.17. The molecule has 1 N–H and O–H groups in total. The number of nitrogens with zero attached hydrogens (tertiary/aromatic N) is 2. The molecule has 1 saturated heterocycles. The number of anilines is 1. The van der Waals surface area contributed by atoms with Crippen LogP contribution in [0.25, 0.3) is 0 Å². The van der Waals surface area contributed by atoms with Gasteiger partial charge in [0.25, 0.3) is 5.69 Å². The lowest BCUT2D eigenvalue weighted by molar-refractivity contribution is -0.384. The number of hydrogen-bond acceptors (Lipinski definition) is 6. The van der Waals surface area contributed by atoms with Crippen molar-refractivity contribution in [3.05, 3.63) is 33.9 Å². The van der Waals surface area contributed by atoms with E-state index in [4.69, 9.17) is 14.7 Å². The third kappa shape index (κ3) is 4.15. The van der Waals surface area contributed by atoms with Gasteiger partial charge in [-0.25, -0.2) is 0 Å². The highest BCUT2D eigenvalue weighted by atomic mass is 16.6. The maximum atomic E-state index is 11.0. The minimum Gasteiger partial charge on any atom is -0.379 e. The normalized spacial score (nSPS) is 19.0. The second-order valence-corrected chi connectivity index (χ2v) is 4.97. The number of hydrogen-bond donors (Lipinski definition) is 1. The molecule has 2 unspecified atom stereocenters. The topological polar surface area (TPSA) is 97.4 Å². The van der Waals surface area contributed by atoms with Gasteiger partial charge >= 0.3 is 0 Å². The van der Waals surface area contributed by atoms with Crippen LogP contribution in [0.3, 0.4) is 0 Å². The highest BCUT2D eigenvalue weighted by molar-refractivity contribution is 5.64. The van der Waals surface area contributed by atoms with Gasteiger partial charge < -0.3 is 14.8 Å². The van der Waals surface area contributed by atoms with Crippen LogP contribution in [0.2, 0.25) is 0 Å². The van der Waals surface area contributed by atoms with Crippen molar-refractivity contribution in [2.75, 3.05) is 25.1 Å². The van der Waals surface area contributed by atoms with Crippen molar-refractivity contribution < 1.29 is 14.4 Å². The number of nitriles is 1. The van der Waals surface area contributed by atoms with E-state index in [1.54, 1.807) is 12.1 Å². The summed E-state index contributed by atoms with van der Waals surface area (Å²) in [6.45, 7) is 3.64. The Labute approximate surface area is 122 Å². The molecule has 1 aliphatic heterocycles. The zero-order valence-electron chi connectivity index (χ0n) is 11.7. The first-order chi connectivity index (χ1) is 10.1. The molecule has 21 heavy (non-hydrogen) atoms. The average molecular weight is 291 g/mol. The molecule has 7 heteroatoms. The van der Waals surface area contributed by atoms with Crippen LogP contribution in [-0.4, -0.2) is 36.9 Å². The molecular weight excluding hydrogens is 274 g/mol. The summed E-state index contributed by atoms with van der Waals surface area (Å²) in [7, 11) is 0. The van der Waals surface area contributed by atoms with Crippen LogP contribution in [0.1, 0.15) is 18.9 Å². The molecule has 2 atom stereocenters. The van der Waals surface area contributed by atoms with E-state index in [1.807, 2.05) is 13.0 Å². The summed E-state index contributed by atoms with van der Waals surface area (Å²) in [6.07, 6.45) is 0.981. The number of rotatable bonds is 6. The lowest BCUT2D eigenvalue weighted by atomic mass is 10.1. The number of benzene rings is 1. The lowest BCUT2D eigenvalue weighted by Crippen LogP contribution is -2.26. The van der Waals surface area contributed by atoms with E-state index < -0.39 is 4.92 Å². The Morgan fingerprint density at radius 3 is 3.10 bits per heavy atom. The number of ether oxygens (including phenoxy) is 2. The Balaban J connectivity index is 1.97. The van der Waals surface area contributed by atoms with Crippen LogP contribution in [0.15, 0.2) is 18.2 Å². The maximum absolute atomic E-state index is 11.0. The van der Waals surface area contributed by atoms with Gasteiger partial charge in [-0.3, -0.25) is 10.1 Å². The minimum atomic E-state index is -0.498. The molecule has 0 amide bonds. The van der Waals surface area contributed by atoms with Gasteiger partial charge in [0.05, 0.1) is 35.9 Å². The van der Waals surface area contributed by atoms with Crippen molar-refractivity contribution in [1.29, 1.82) is 5.26 Å². The predicted octanol–water partition coefficient (Wildman–Crippen LogP) is 2.07. The Bertz CT molecular complexity index is 550. The zero-order valence-corrected chi connectivity index (χ0v) is 11.7. The van der Waals surface area contributed by atoms with E-state index in [9.17, 15) is 10.1 Å². The highest BCUT2D eigenvalue weighted by Crippen LogP contribution is 2.26. The molecule has 0 spiro atoms. The first kappa shape index (κ1) is 15.2. The predicted molar refractivity (Wildman–Crippen MR) is 76.1 cm³/mol. The van der Waals surface area contributed by atoms with E-state index in [0.717, 1.165) is 6.42 Å². The van der Waals surface area contributed by atoms with Gasteiger partial charge in [-0.05, 0) is 25.5 Å². The third-order valence-corrected chi connectivity index (χ3v) is 3.20. The fraction of sp³-hybridized carbons (Fsp3) is 0.500. The second kappa shape index (κ2) is 7.02. The molecule has 1 aromatic rings. The van der Waals surface area contributed by atoms with Crippen LogP contribution in [-0.2, 0) is 9.47 Å². The first-order valence-electron chi connectivity index (χ1n) is 6.74. The van der Waals surface area contributed by atoms with Crippen molar-refractivity contribution in [1.82, 2.24) is 0 Å². The average Bonchev–Trinajstić information content (AvgIpc) is 2.98. The van der Waals surface area contributed by atoms with Crippen molar-refractivity contribution in [2.24, 2.45) is 0 Å². The van der Waals surface area contributed by atoms with Crippen molar-refractivity contribution in [3.63, 3.8) is 0 Å². The fourth-order valence-corrected chi connectivity index (χ4v) is 2.11. The Morgan fingerprint density at radius 2 is 2.48 bits per heavy atom. The van der Waals surface area contributed by atoms with Crippen LogP contribution < -0.4 is 5.32 Å². The van der Waals surface area contributed by atoms with Crippen LogP contribution in [0.4, 0.5) is 11.4 Å². The third-order valence-electron chi connectivity index (χ3n) is 3.20. The summed E-state index contributed by atoms with van der Waals surface area (Å²) in [6, 6.07) is 6.17. The van der Waals surface area contributed by atoms with Crippen LogP contribution >= 0.6 is 0 Å². The van der Waals surface area contributed by atoms with Crippen molar-refractivity contribution >= 4 is 11.4 Å². The monoisotopic (exact) mass is 291 g/mol. The highest BCUT2D eigenvalue weighted by Gasteiger charge is 2.19. The van der Waals surface area contributed by atoms with Gasteiger partial charge in [-0.15, -0.1) is 0 Å². The summed E-state index contributed by atoms with van der Waals surface area (Å²) < 4.78 is 10.9. The largest absolute Gasteiger partial charge is 0.379 e. The molecule has 7 nitrogen and oxygen atoms in total. The molecule has 1 fully saturated rings. The van der Waals surface area contributed by atoms with E-state index in [2.05, 4.69) is 5.32 Å². The molecule has 1 aromatic carbocycles. The molecule has 112 valence electrons. The number of nitro groups is 1. The molecule has 1 aliphatic rings. The van der Waals surface area contributed by atoms with E-state index in [1.165, 1.54) is 6.07 Å². The van der Waals surface area contributed by atoms with Gasteiger partial charge in [0.15, 0.2) is 0 Å². The molecule has 0 aromatic heterocycles. The summed E-state index contributed by atoms with van der Waals surface area (Å²) in [4.78, 5) is 10.5. The van der Waals surface area contributed by atoms with Crippen LogP contribution in [0.5, 0.6) is 0 Å². The van der Waals surface area contributed by atoms with Crippen molar-refractivity contribution in [2.45, 2.75) is 25.5 Å². The number of nitro benzene ring substituents is 1. The van der Waals surface area contributed by atoms with E-state index in [0.29, 0.717) is 25.5 Å². The lowest BCUT2D eigenvalue weighted by Gasteiger charge is -2.18. The molecule has 0 saturated carbocycles. The summed E-state index contributed by atoms with van der Waals surface area (Å²) >= 11 is 0. The van der Waals surface area contributed by atoms with Crippen LogP contribution in [0, 0.1) is 21.4 Å². The van der Waals surface area contributed by atoms with Crippen molar-refractivity contribution in [3.8, 4) is 6.07 Å². The van der Waals surface area contributed by atoms with Gasteiger partial charge in [0.1, 0.15) is 5.69 Å². The smallest absolute Gasteiger partial charge is 0.293 e. The summed E-state index contributed by atoms with van der Waals surface area (Å²) in [5.41, 5.74) is 0.544. The maximum Gasteiger partial charge on any atom is 0.293 e. The Morgan fingerprint density at radius 1 is 1.67 bits per heavy atom. The first-order valence-corrected chi connectivity index (χ1v) is 6.74. The quantitative estimate of drug-likeness (QED) is 0.636. The van der Waals surface area contributed by atoms with E-state index >= 15 is 0 Å². The van der Waals surface area contributed by atoms with Gasteiger partial charge in [0.2, 0.25) is 0 Å². The molecular formula is C14H17N3O4. The summed E-state index contributed by atoms with van der Waals surface area (Å²) in [5, 5.41) is 22.9. The SMILES string of the molecule is CC(COC1CCOC1)Nc1ccc(C#N)cc1[N+](=O)[O-]. The Kier molecular flexibility index (Phi) is 5.09. The number of nitrogens with one attached hydrogen (secondary N) is 1. The molecule has 0 radical (unpaired) electrons. The summed E-state index contributed by atoms with van der Waals surface area (Å²) in [5.74, 6) is 0. The van der Waals surface area contributed by atoms with Gasteiger partial charge in [0, 0.05) is 18.7 Å². The minimum absolute atomic E-state index is 0.0859. The zero-order chi connectivity index (χ0) is 15.2. The molecule has 0 bridgehead atoms. The van der Waals surface area contributed by atoms with E-state index in [-0.39, 0.29) is 23.4 Å². The second-order valence-electron chi connectivity index (χ2n) is 4.97. The fourth-order valence-electron chi connectivity index (χ4n) is 2.11. The molecule has 2 rings (SSSR count). The van der Waals surface area contributed by atoms with Gasteiger partial charge in [-0.1, -0.05) is 0 Å². The molecule has 1 heterocycles. The van der Waals surface area contributed by atoms with Gasteiger partial charge in [-0.2, -0.15) is 5.26 Å². The standard InChI is InChI=1S/C14H17N3O4/c1-10(8-21-12-4-5-20-9-12)16-13-3-2-11(7-15)6-14(13)17(18)19/h2-3,6,10,12,16H,4-5,8-9H2,1H3. The molecule has 0 aliphatic carbocycles.